The summed E-state index contributed by atoms with van der Waals surface area (Å²) in [5, 5.41) is 16.1. The monoisotopic (exact) mass is 295 g/mol. The molecule has 2 N–H and O–H groups in total. The Morgan fingerprint density at radius 2 is 2.00 bits per heavy atom. The lowest BCUT2D eigenvalue weighted by atomic mass is 10.2. The largest absolute Gasteiger partial charge is 0.357 e. The van der Waals surface area contributed by atoms with Gasteiger partial charge in [0.05, 0.1) is 10.6 Å². The van der Waals surface area contributed by atoms with Crippen molar-refractivity contribution in [1.82, 2.24) is 9.97 Å². The SMILES string of the molecule is CNc1nc(C)c([N+](=O)[O-])c(Nc2cc(F)ccc2F)n1. The van der Waals surface area contributed by atoms with Crippen molar-refractivity contribution in [3.05, 3.63) is 45.6 Å². The highest BCUT2D eigenvalue weighted by Gasteiger charge is 2.22. The van der Waals surface area contributed by atoms with Gasteiger partial charge in [0.1, 0.15) is 17.3 Å². The van der Waals surface area contributed by atoms with Crippen LogP contribution in [-0.2, 0) is 0 Å². The second kappa shape index (κ2) is 5.65. The summed E-state index contributed by atoms with van der Waals surface area (Å²) in [6, 6.07) is 2.74. The zero-order chi connectivity index (χ0) is 15.6. The van der Waals surface area contributed by atoms with Gasteiger partial charge >= 0.3 is 5.69 Å². The molecule has 2 aromatic rings. The molecule has 7 nitrogen and oxygen atoms in total. The van der Waals surface area contributed by atoms with E-state index >= 15 is 0 Å². The number of aryl methyl sites for hydroxylation is 1. The highest BCUT2D eigenvalue weighted by Crippen LogP contribution is 2.30. The number of anilines is 3. The number of aromatic nitrogens is 2. The van der Waals surface area contributed by atoms with E-state index in [-0.39, 0.29) is 23.1 Å². The van der Waals surface area contributed by atoms with Gasteiger partial charge in [-0.3, -0.25) is 10.1 Å². The number of nitro groups is 1. The number of rotatable bonds is 4. The predicted octanol–water partition coefficient (Wildman–Crippen LogP) is 2.76. The highest BCUT2D eigenvalue weighted by molar-refractivity contribution is 5.68. The normalized spacial score (nSPS) is 10.3. The molecule has 0 bridgehead atoms. The Bertz CT molecular complexity index is 708. The van der Waals surface area contributed by atoms with Gasteiger partial charge in [0.15, 0.2) is 0 Å². The van der Waals surface area contributed by atoms with E-state index < -0.39 is 22.2 Å². The first-order valence-corrected chi connectivity index (χ1v) is 5.85. The lowest BCUT2D eigenvalue weighted by Crippen LogP contribution is -2.08. The van der Waals surface area contributed by atoms with Crippen LogP contribution in [0.2, 0.25) is 0 Å². The Hall–Kier alpha value is -2.84. The molecule has 0 aliphatic carbocycles. The summed E-state index contributed by atoms with van der Waals surface area (Å²) in [6.07, 6.45) is 0. The zero-order valence-electron chi connectivity index (χ0n) is 11.1. The minimum atomic E-state index is -0.757. The fourth-order valence-corrected chi connectivity index (χ4v) is 1.71. The molecule has 1 aromatic heterocycles. The summed E-state index contributed by atoms with van der Waals surface area (Å²) in [4.78, 5) is 18.2. The van der Waals surface area contributed by atoms with Gasteiger partial charge in [0, 0.05) is 13.1 Å². The molecule has 110 valence electrons. The third-order valence-corrected chi connectivity index (χ3v) is 2.65. The van der Waals surface area contributed by atoms with Crippen LogP contribution in [0.1, 0.15) is 5.69 Å². The molecule has 0 amide bonds. The molecule has 1 heterocycles. The first-order valence-electron chi connectivity index (χ1n) is 5.85. The van der Waals surface area contributed by atoms with Crippen LogP contribution in [0.25, 0.3) is 0 Å². The number of benzene rings is 1. The van der Waals surface area contributed by atoms with E-state index in [0.717, 1.165) is 18.2 Å². The molecule has 0 fully saturated rings. The van der Waals surface area contributed by atoms with Crippen molar-refractivity contribution in [1.29, 1.82) is 0 Å². The molecule has 0 aliphatic rings. The quantitative estimate of drug-likeness (QED) is 0.665. The van der Waals surface area contributed by atoms with Crippen molar-refractivity contribution in [2.24, 2.45) is 0 Å². The molecule has 0 radical (unpaired) electrons. The fourth-order valence-electron chi connectivity index (χ4n) is 1.71. The summed E-state index contributed by atoms with van der Waals surface area (Å²) >= 11 is 0. The molecule has 0 atom stereocenters. The maximum atomic E-state index is 13.6. The predicted molar refractivity (Wildman–Crippen MR) is 72.6 cm³/mol. The Balaban J connectivity index is 2.54. The zero-order valence-corrected chi connectivity index (χ0v) is 11.1. The van der Waals surface area contributed by atoms with E-state index in [9.17, 15) is 18.9 Å². The van der Waals surface area contributed by atoms with Crippen LogP contribution in [0.15, 0.2) is 18.2 Å². The van der Waals surface area contributed by atoms with Gasteiger partial charge < -0.3 is 10.6 Å². The smallest absolute Gasteiger partial charge is 0.332 e. The van der Waals surface area contributed by atoms with E-state index in [0.29, 0.717) is 0 Å². The second-order valence-corrected chi connectivity index (χ2v) is 4.09. The van der Waals surface area contributed by atoms with Gasteiger partial charge in [0.2, 0.25) is 11.8 Å². The van der Waals surface area contributed by atoms with Crippen LogP contribution >= 0.6 is 0 Å². The minimum Gasteiger partial charge on any atom is -0.357 e. The van der Waals surface area contributed by atoms with E-state index in [1.165, 1.54) is 14.0 Å². The highest BCUT2D eigenvalue weighted by atomic mass is 19.1. The van der Waals surface area contributed by atoms with Crippen molar-refractivity contribution >= 4 is 23.1 Å². The van der Waals surface area contributed by atoms with Crippen molar-refractivity contribution in [2.75, 3.05) is 17.7 Å². The molecule has 0 spiro atoms. The van der Waals surface area contributed by atoms with E-state index in [4.69, 9.17) is 0 Å². The van der Waals surface area contributed by atoms with E-state index in [1.807, 2.05) is 0 Å². The van der Waals surface area contributed by atoms with Gasteiger partial charge in [-0.25, -0.2) is 13.8 Å². The lowest BCUT2D eigenvalue weighted by Gasteiger charge is -2.10. The van der Waals surface area contributed by atoms with Gasteiger partial charge in [-0.15, -0.1) is 0 Å². The van der Waals surface area contributed by atoms with Gasteiger partial charge in [-0.2, -0.15) is 4.98 Å². The Kier molecular flexibility index (Phi) is 3.92. The summed E-state index contributed by atoms with van der Waals surface area (Å²) in [6.45, 7) is 1.42. The van der Waals surface area contributed by atoms with Gasteiger partial charge in [-0.05, 0) is 19.1 Å². The Morgan fingerprint density at radius 1 is 1.29 bits per heavy atom. The molecule has 2 rings (SSSR count). The third kappa shape index (κ3) is 3.02. The molecular weight excluding hydrogens is 284 g/mol. The van der Waals surface area contributed by atoms with Crippen LogP contribution in [0, 0.1) is 28.7 Å². The second-order valence-electron chi connectivity index (χ2n) is 4.09. The van der Waals surface area contributed by atoms with Crippen molar-refractivity contribution < 1.29 is 13.7 Å². The number of nitrogens with zero attached hydrogens (tertiary/aromatic N) is 3. The fraction of sp³-hybridized carbons (Fsp3) is 0.167. The number of nitrogens with one attached hydrogen (secondary N) is 2. The van der Waals surface area contributed by atoms with Crippen molar-refractivity contribution in [2.45, 2.75) is 6.92 Å². The topological polar surface area (TPSA) is 93.0 Å². The number of hydrogen-bond acceptors (Lipinski definition) is 6. The first-order chi connectivity index (χ1) is 9.92. The van der Waals surface area contributed by atoms with Crippen LogP contribution in [0.5, 0.6) is 0 Å². The average Bonchev–Trinajstić information content (AvgIpc) is 2.41. The first kappa shape index (κ1) is 14.6. The molecule has 21 heavy (non-hydrogen) atoms. The number of halogens is 2. The molecule has 0 saturated heterocycles. The van der Waals surface area contributed by atoms with Gasteiger partial charge in [-0.1, -0.05) is 0 Å². The standard InChI is InChI=1S/C12H11F2N5O2/c1-6-10(19(20)21)11(18-12(15-2)16-6)17-9-5-7(13)3-4-8(9)14/h3-5H,1-2H3,(H2,15,16,17,18). The third-order valence-electron chi connectivity index (χ3n) is 2.65. The average molecular weight is 295 g/mol. The summed E-state index contributed by atoms with van der Waals surface area (Å²) in [5.41, 5.74) is -0.561. The Morgan fingerprint density at radius 3 is 2.62 bits per heavy atom. The van der Waals surface area contributed by atoms with Crippen LogP contribution < -0.4 is 10.6 Å². The van der Waals surface area contributed by atoms with Crippen LogP contribution in [0.3, 0.4) is 0 Å². The van der Waals surface area contributed by atoms with Crippen LogP contribution in [-0.4, -0.2) is 21.9 Å². The minimum absolute atomic E-state index is 0.0960. The summed E-state index contributed by atoms with van der Waals surface area (Å²) in [5.74, 6) is -1.53. The van der Waals surface area contributed by atoms with E-state index in [2.05, 4.69) is 20.6 Å². The van der Waals surface area contributed by atoms with Crippen LogP contribution in [0.4, 0.5) is 31.9 Å². The summed E-state index contributed by atoms with van der Waals surface area (Å²) in [7, 11) is 1.53. The molecule has 9 heteroatoms. The van der Waals surface area contributed by atoms with Crippen molar-refractivity contribution in [3.8, 4) is 0 Å². The van der Waals surface area contributed by atoms with Crippen molar-refractivity contribution in [3.63, 3.8) is 0 Å². The number of hydrogen-bond donors (Lipinski definition) is 2. The molecule has 0 saturated carbocycles. The molecular formula is C12H11F2N5O2. The van der Waals surface area contributed by atoms with Gasteiger partial charge in [0.25, 0.3) is 0 Å². The maximum absolute atomic E-state index is 13.6. The molecule has 0 aliphatic heterocycles. The lowest BCUT2D eigenvalue weighted by molar-refractivity contribution is -0.385. The Labute approximate surface area is 118 Å². The maximum Gasteiger partial charge on any atom is 0.332 e. The van der Waals surface area contributed by atoms with E-state index in [1.54, 1.807) is 0 Å². The molecule has 0 unspecified atom stereocenters. The summed E-state index contributed by atoms with van der Waals surface area (Å²) < 4.78 is 26.8. The molecule has 1 aromatic carbocycles.